The standard InChI is InChI=1S/C25H24ClFN6O5S/c1-31(2)11-12-32(24(35)36)39(37,38)17-6-4-16(5-7-17)29-23-28-14-18-21(30-23)33(22(34)25(18)9-10-25)20-13-15(27)3-8-19(20)26/h3-8,13-14H,9-12H2,1-2H3,(H,35,36)(H,28,29,30). The molecular formula is C25H24ClFN6O5S. The van der Waals surface area contributed by atoms with Crippen LogP contribution >= 0.6 is 11.6 Å². The predicted octanol–water partition coefficient (Wildman–Crippen LogP) is 3.95. The number of nitrogens with zero attached hydrogens (tertiary/aromatic N) is 5. The van der Waals surface area contributed by atoms with E-state index >= 15 is 0 Å². The highest BCUT2D eigenvalue weighted by molar-refractivity contribution is 7.89. The first-order valence-electron chi connectivity index (χ1n) is 11.9. The lowest BCUT2D eigenvalue weighted by Crippen LogP contribution is -2.40. The number of carbonyl (C=O) groups excluding carboxylic acids is 1. The SMILES string of the molecule is CN(C)CCN(C(=O)O)S(=O)(=O)c1ccc(Nc2ncc3c(n2)N(c2cc(F)ccc2Cl)C(=O)C32CC2)cc1. The van der Waals surface area contributed by atoms with Crippen LogP contribution in [-0.2, 0) is 20.2 Å². The molecule has 1 aliphatic heterocycles. The van der Waals surface area contributed by atoms with Gasteiger partial charge in [-0.15, -0.1) is 0 Å². The molecule has 14 heteroatoms. The number of rotatable bonds is 8. The maximum Gasteiger partial charge on any atom is 0.421 e. The van der Waals surface area contributed by atoms with Crippen LogP contribution in [0.25, 0.3) is 0 Å². The van der Waals surface area contributed by atoms with Gasteiger partial charge >= 0.3 is 6.09 Å². The first-order chi connectivity index (χ1) is 18.4. The summed E-state index contributed by atoms with van der Waals surface area (Å²) in [6.07, 6.45) is 1.22. The minimum absolute atomic E-state index is 0.116. The van der Waals surface area contributed by atoms with E-state index in [4.69, 9.17) is 11.6 Å². The average Bonchev–Trinajstić information content (AvgIpc) is 3.64. The first-order valence-corrected chi connectivity index (χ1v) is 13.7. The number of halogens is 2. The van der Waals surface area contributed by atoms with Crippen LogP contribution in [0.3, 0.4) is 0 Å². The van der Waals surface area contributed by atoms with Gasteiger partial charge in [0.15, 0.2) is 0 Å². The third kappa shape index (κ3) is 4.77. The number of sulfonamides is 1. The van der Waals surface area contributed by atoms with Crippen molar-refractivity contribution in [2.75, 3.05) is 37.4 Å². The lowest BCUT2D eigenvalue weighted by molar-refractivity contribution is -0.119. The number of benzene rings is 2. The van der Waals surface area contributed by atoms with Crippen molar-refractivity contribution < 1.29 is 27.5 Å². The Morgan fingerprint density at radius 1 is 1.18 bits per heavy atom. The summed E-state index contributed by atoms with van der Waals surface area (Å²) >= 11 is 6.31. The molecule has 1 fully saturated rings. The molecule has 0 saturated heterocycles. The van der Waals surface area contributed by atoms with Gasteiger partial charge in [-0.05, 0) is 69.4 Å². The van der Waals surface area contributed by atoms with E-state index in [2.05, 4.69) is 15.3 Å². The fourth-order valence-corrected chi connectivity index (χ4v) is 5.90. The van der Waals surface area contributed by atoms with E-state index in [-0.39, 0.29) is 40.6 Å². The van der Waals surface area contributed by atoms with Crippen LogP contribution in [0.5, 0.6) is 0 Å². The fraction of sp³-hybridized carbons (Fsp3) is 0.280. The monoisotopic (exact) mass is 574 g/mol. The highest BCUT2D eigenvalue weighted by Gasteiger charge is 2.61. The number of anilines is 4. The lowest BCUT2D eigenvalue weighted by atomic mass is 10.0. The van der Waals surface area contributed by atoms with Gasteiger partial charge in [-0.3, -0.25) is 9.69 Å². The van der Waals surface area contributed by atoms with Crippen molar-refractivity contribution in [3.05, 3.63) is 65.1 Å². The summed E-state index contributed by atoms with van der Waals surface area (Å²) in [4.78, 5) is 36.6. The molecule has 11 nitrogen and oxygen atoms in total. The quantitative estimate of drug-likeness (QED) is 0.410. The zero-order valence-corrected chi connectivity index (χ0v) is 22.5. The molecule has 1 aliphatic carbocycles. The van der Waals surface area contributed by atoms with E-state index in [1.54, 1.807) is 25.2 Å². The van der Waals surface area contributed by atoms with Gasteiger partial charge in [0.1, 0.15) is 11.6 Å². The fourth-order valence-electron chi connectivity index (χ4n) is 4.43. The van der Waals surface area contributed by atoms with Crippen molar-refractivity contribution >= 4 is 56.8 Å². The number of carboxylic acid groups (broad SMARTS) is 1. The van der Waals surface area contributed by atoms with Crippen LogP contribution in [-0.4, -0.2) is 71.9 Å². The first kappa shape index (κ1) is 26.8. The Bertz CT molecular complexity index is 1580. The molecular weight excluding hydrogens is 551 g/mol. The molecule has 2 N–H and O–H groups in total. The molecule has 1 saturated carbocycles. The Hall–Kier alpha value is -3.81. The van der Waals surface area contributed by atoms with Crippen molar-refractivity contribution in [1.29, 1.82) is 0 Å². The largest absolute Gasteiger partial charge is 0.464 e. The minimum Gasteiger partial charge on any atom is -0.464 e. The van der Waals surface area contributed by atoms with Crippen LogP contribution in [0, 0.1) is 5.82 Å². The van der Waals surface area contributed by atoms with Gasteiger partial charge in [0.25, 0.3) is 10.0 Å². The summed E-state index contributed by atoms with van der Waals surface area (Å²) in [7, 11) is -0.873. The highest BCUT2D eigenvalue weighted by atomic mass is 35.5. The molecule has 39 heavy (non-hydrogen) atoms. The number of nitrogens with one attached hydrogen (secondary N) is 1. The summed E-state index contributed by atoms with van der Waals surface area (Å²) in [6.45, 7) is 0.00214. The Morgan fingerprint density at radius 2 is 1.87 bits per heavy atom. The summed E-state index contributed by atoms with van der Waals surface area (Å²) in [5.41, 5.74) is 0.488. The number of aromatic nitrogens is 2. The van der Waals surface area contributed by atoms with Crippen molar-refractivity contribution in [2.45, 2.75) is 23.2 Å². The summed E-state index contributed by atoms with van der Waals surface area (Å²) in [6, 6.07) is 9.21. The van der Waals surface area contributed by atoms with Crippen molar-refractivity contribution in [3.63, 3.8) is 0 Å². The third-order valence-corrected chi connectivity index (χ3v) is 8.78. The molecule has 3 aromatic rings. The van der Waals surface area contributed by atoms with E-state index in [0.717, 1.165) is 0 Å². The molecule has 1 spiro atoms. The normalized spacial score (nSPS) is 15.5. The van der Waals surface area contributed by atoms with E-state index < -0.39 is 27.3 Å². The zero-order valence-electron chi connectivity index (χ0n) is 20.9. The van der Waals surface area contributed by atoms with Crippen LogP contribution in [0.4, 0.5) is 32.3 Å². The van der Waals surface area contributed by atoms with Crippen molar-refractivity contribution in [3.8, 4) is 0 Å². The second-order valence-electron chi connectivity index (χ2n) is 9.56. The highest BCUT2D eigenvalue weighted by Crippen LogP contribution is 2.58. The molecule has 0 atom stereocenters. The Morgan fingerprint density at radius 3 is 2.49 bits per heavy atom. The molecule has 2 aromatic carbocycles. The van der Waals surface area contributed by atoms with Gasteiger partial charge < -0.3 is 15.3 Å². The number of carbonyl (C=O) groups is 2. The molecule has 0 unspecified atom stereocenters. The van der Waals surface area contributed by atoms with Crippen LogP contribution in [0.15, 0.2) is 53.6 Å². The van der Waals surface area contributed by atoms with Crippen LogP contribution in [0.1, 0.15) is 18.4 Å². The summed E-state index contributed by atoms with van der Waals surface area (Å²) in [5.74, 6) is -0.389. The Balaban J connectivity index is 1.42. The molecule has 0 radical (unpaired) electrons. The Kier molecular flexibility index (Phi) is 6.69. The number of fused-ring (bicyclic) bond motifs is 2. The van der Waals surface area contributed by atoms with Gasteiger partial charge in [0.05, 0.1) is 27.6 Å². The minimum atomic E-state index is -4.29. The molecule has 204 valence electrons. The second-order valence-corrected chi connectivity index (χ2v) is 11.8. The molecule has 5 rings (SSSR count). The Labute approximate surface area is 228 Å². The van der Waals surface area contributed by atoms with Crippen molar-refractivity contribution in [1.82, 2.24) is 19.2 Å². The second kappa shape index (κ2) is 9.74. The molecule has 0 bridgehead atoms. The van der Waals surface area contributed by atoms with E-state index in [9.17, 15) is 27.5 Å². The smallest absolute Gasteiger partial charge is 0.421 e. The third-order valence-electron chi connectivity index (χ3n) is 6.67. The maximum atomic E-state index is 14.0. The van der Waals surface area contributed by atoms with E-state index in [1.165, 1.54) is 47.4 Å². The number of hydrogen-bond acceptors (Lipinski definition) is 8. The summed E-state index contributed by atoms with van der Waals surface area (Å²) < 4.78 is 40.3. The molecule has 1 aromatic heterocycles. The zero-order chi connectivity index (χ0) is 28.1. The van der Waals surface area contributed by atoms with Crippen molar-refractivity contribution in [2.24, 2.45) is 0 Å². The van der Waals surface area contributed by atoms with E-state index in [1.807, 2.05) is 0 Å². The van der Waals surface area contributed by atoms with Gasteiger partial charge in [-0.2, -0.15) is 9.29 Å². The summed E-state index contributed by atoms with van der Waals surface area (Å²) in [5, 5.41) is 12.6. The molecule has 2 aliphatic rings. The number of hydrogen-bond donors (Lipinski definition) is 2. The van der Waals surface area contributed by atoms with E-state index in [0.29, 0.717) is 34.2 Å². The number of amides is 2. The van der Waals surface area contributed by atoms with Gasteiger partial charge in [0, 0.05) is 24.0 Å². The van der Waals surface area contributed by atoms with Gasteiger partial charge in [0.2, 0.25) is 11.9 Å². The van der Waals surface area contributed by atoms with Gasteiger partial charge in [-0.1, -0.05) is 11.6 Å². The van der Waals surface area contributed by atoms with Gasteiger partial charge in [-0.25, -0.2) is 22.6 Å². The predicted molar refractivity (Wildman–Crippen MR) is 142 cm³/mol. The maximum absolute atomic E-state index is 14.0. The number of likely N-dealkylation sites (N-methyl/N-ethyl adjacent to an activating group) is 1. The molecule has 2 heterocycles. The molecule has 2 amide bonds. The lowest BCUT2D eigenvalue weighted by Gasteiger charge is -2.21. The topological polar surface area (TPSA) is 136 Å². The van der Waals surface area contributed by atoms with Crippen LogP contribution < -0.4 is 10.2 Å². The average molecular weight is 575 g/mol. The van der Waals surface area contributed by atoms with Crippen LogP contribution in [0.2, 0.25) is 5.02 Å².